The molecule has 1 aliphatic rings. The van der Waals surface area contributed by atoms with E-state index in [0.717, 1.165) is 11.3 Å². The minimum Gasteiger partial charge on any atom is -0.465 e. The molecule has 1 fully saturated rings. The summed E-state index contributed by atoms with van der Waals surface area (Å²) in [6.07, 6.45) is 7.03. The molecule has 2 aromatic rings. The molecule has 3 rings (SSSR count). The van der Waals surface area contributed by atoms with Gasteiger partial charge in [-0.05, 0) is 38.0 Å². The van der Waals surface area contributed by atoms with E-state index in [2.05, 4.69) is 15.5 Å². The summed E-state index contributed by atoms with van der Waals surface area (Å²) in [5.74, 6) is 1.63. The van der Waals surface area contributed by atoms with Gasteiger partial charge >= 0.3 is 0 Å². The molecule has 2 N–H and O–H groups in total. The van der Waals surface area contributed by atoms with E-state index in [4.69, 9.17) is 4.42 Å². The molecule has 98 valence electrons. The zero-order valence-corrected chi connectivity index (χ0v) is 10.6. The molecule has 2 heterocycles. The summed E-state index contributed by atoms with van der Waals surface area (Å²) in [5, 5.41) is 9.92. The number of aromatic amines is 1. The highest BCUT2D eigenvalue weighted by Crippen LogP contribution is 2.41. The summed E-state index contributed by atoms with van der Waals surface area (Å²) in [7, 11) is 0. The second kappa shape index (κ2) is 4.76. The first kappa shape index (κ1) is 11.8. The molecule has 1 aliphatic carbocycles. The number of hydrogen-bond donors (Lipinski definition) is 2. The third kappa shape index (κ3) is 2.59. The summed E-state index contributed by atoms with van der Waals surface area (Å²) < 4.78 is 5.11. The number of nitrogens with one attached hydrogen (secondary N) is 2. The highest BCUT2D eigenvalue weighted by Gasteiger charge is 2.28. The van der Waals surface area contributed by atoms with Crippen molar-refractivity contribution >= 4 is 17.8 Å². The molecular formula is C14H15N3O2. The monoisotopic (exact) mass is 257 g/mol. The number of aromatic nitrogens is 2. The normalized spacial score (nSPS) is 15.0. The summed E-state index contributed by atoms with van der Waals surface area (Å²) in [5.41, 5.74) is 2.17. The van der Waals surface area contributed by atoms with Gasteiger partial charge in [0, 0.05) is 23.3 Å². The van der Waals surface area contributed by atoms with E-state index >= 15 is 0 Å². The van der Waals surface area contributed by atoms with E-state index in [9.17, 15) is 4.79 Å². The Bertz CT molecular complexity index is 607. The maximum absolute atomic E-state index is 11.8. The number of amides is 1. The molecule has 5 nitrogen and oxygen atoms in total. The van der Waals surface area contributed by atoms with Gasteiger partial charge in [0.1, 0.15) is 5.76 Å². The third-order valence-electron chi connectivity index (χ3n) is 3.22. The van der Waals surface area contributed by atoms with Crippen molar-refractivity contribution in [1.82, 2.24) is 10.2 Å². The Balaban J connectivity index is 1.66. The van der Waals surface area contributed by atoms with Gasteiger partial charge in [-0.25, -0.2) is 0 Å². The lowest BCUT2D eigenvalue weighted by Gasteiger charge is -1.99. The van der Waals surface area contributed by atoms with E-state index in [0.29, 0.717) is 17.5 Å². The molecule has 19 heavy (non-hydrogen) atoms. The number of rotatable bonds is 4. The van der Waals surface area contributed by atoms with Crippen LogP contribution in [0.4, 0.5) is 5.82 Å². The molecule has 1 amide bonds. The van der Waals surface area contributed by atoms with E-state index in [1.165, 1.54) is 18.9 Å². The minimum atomic E-state index is -0.214. The number of carbonyl (C=O) groups is 1. The van der Waals surface area contributed by atoms with Crippen LogP contribution < -0.4 is 5.32 Å². The number of H-pyrrole nitrogens is 1. The topological polar surface area (TPSA) is 70.9 Å². The predicted octanol–water partition coefficient (Wildman–Crippen LogP) is 2.84. The van der Waals surface area contributed by atoms with E-state index in [-0.39, 0.29) is 5.91 Å². The standard InChI is InChI=1S/C14H15N3O2/c1-9-13(10-4-5-10)16-17-14(9)15-12(18)7-6-11-3-2-8-19-11/h2-3,6-8,10H,4-5H2,1H3,(H2,15,16,17,18). The first-order chi connectivity index (χ1) is 9.24. The summed E-state index contributed by atoms with van der Waals surface area (Å²) in [6, 6.07) is 3.56. The van der Waals surface area contributed by atoms with Crippen LogP contribution in [0.5, 0.6) is 0 Å². The van der Waals surface area contributed by atoms with Crippen LogP contribution in [-0.4, -0.2) is 16.1 Å². The third-order valence-corrected chi connectivity index (χ3v) is 3.22. The van der Waals surface area contributed by atoms with Gasteiger partial charge in [0.2, 0.25) is 5.91 Å². The lowest BCUT2D eigenvalue weighted by Crippen LogP contribution is -2.09. The first-order valence-electron chi connectivity index (χ1n) is 6.31. The smallest absolute Gasteiger partial charge is 0.249 e. The van der Waals surface area contributed by atoms with E-state index < -0.39 is 0 Å². The Kier molecular flexibility index (Phi) is 2.95. The van der Waals surface area contributed by atoms with Crippen molar-refractivity contribution in [2.75, 3.05) is 5.32 Å². The van der Waals surface area contributed by atoms with Crippen LogP contribution >= 0.6 is 0 Å². The fourth-order valence-corrected chi connectivity index (χ4v) is 2.00. The molecule has 0 bridgehead atoms. The van der Waals surface area contributed by atoms with Crippen molar-refractivity contribution in [1.29, 1.82) is 0 Å². The Morgan fingerprint density at radius 3 is 3.11 bits per heavy atom. The SMILES string of the molecule is Cc1c(NC(=O)C=Cc2ccco2)n[nH]c1C1CC1. The van der Waals surface area contributed by atoms with Crippen molar-refractivity contribution < 1.29 is 9.21 Å². The molecule has 2 aromatic heterocycles. The van der Waals surface area contributed by atoms with Gasteiger partial charge in [-0.1, -0.05) is 0 Å². The molecule has 0 unspecified atom stereocenters. The first-order valence-corrected chi connectivity index (χ1v) is 6.31. The lowest BCUT2D eigenvalue weighted by molar-refractivity contribution is -0.111. The molecule has 0 saturated heterocycles. The number of hydrogen-bond acceptors (Lipinski definition) is 3. The number of nitrogens with zero attached hydrogens (tertiary/aromatic N) is 1. The Labute approximate surface area is 110 Å². The van der Waals surface area contributed by atoms with Crippen molar-refractivity contribution in [2.24, 2.45) is 0 Å². The van der Waals surface area contributed by atoms with Gasteiger partial charge in [0.25, 0.3) is 0 Å². The minimum absolute atomic E-state index is 0.214. The fourth-order valence-electron chi connectivity index (χ4n) is 2.00. The Hall–Kier alpha value is -2.30. The van der Waals surface area contributed by atoms with Gasteiger partial charge in [0.15, 0.2) is 5.82 Å². The summed E-state index contributed by atoms with van der Waals surface area (Å²) >= 11 is 0. The summed E-state index contributed by atoms with van der Waals surface area (Å²) in [4.78, 5) is 11.8. The highest BCUT2D eigenvalue weighted by molar-refractivity contribution is 6.01. The van der Waals surface area contributed by atoms with Crippen LogP contribution in [0.25, 0.3) is 6.08 Å². The van der Waals surface area contributed by atoms with Crippen molar-refractivity contribution in [3.05, 3.63) is 41.5 Å². The van der Waals surface area contributed by atoms with Gasteiger partial charge in [-0.3, -0.25) is 9.89 Å². The predicted molar refractivity (Wildman–Crippen MR) is 71.7 cm³/mol. The van der Waals surface area contributed by atoms with Gasteiger partial charge < -0.3 is 9.73 Å². The zero-order chi connectivity index (χ0) is 13.2. The fraction of sp³-hybridized carbons (Fsp3) is 0.286. The van der Waals surface area contributed by atoms with Crippen molar-refractivity contribution in [3.63, 3.8) is 0 Å². The van der Waals surface area contributed by atoms with Crippen molar-refractivity contribution in [3.8, 4) is 0 Å². The van der Waals surface area contributed by atoms with Crippen LogP contribution in [-0.2, 0) is 4.79 Å². The molecule has 0 spiro atoms. The Morgan fingerprint density at radius 1 is 1.58 bits per heavy atom. The molecule has 0 aromatic carbocycles. The Morgan fingerprint density at radius 2 is 2.42 bits per heavy atom. The highest BCUT2D eigenvalue weighted by atomic mass is 16.3. The lowest BCUT2D eigenvalue weighted by atomic mass is 10.2. The van der Waals surface area contributed by atoms with Gasteiger partial charge in [-0.15, -0.1) is 0 Å². The quantitative estimate of drug-likeness (QED) is 0.827. The molecule has 0 aliphatic heterocycles. The average molecular weight is 257 g/mol. The number of carbonyl (C=O) groups excluding carboxylic acids is 1. The zero-order valence-electron chi connectivity index (χ0n) is 10.6. The number of furan rings is 1. The average Bonchev–Trinajstić information content (AvgIpc) is 2.98. The largest absolute Gasteiger partial charge is 0.465 e. The molecule has 0 radical (unpaired) electrons. The van der Waals surface area contributed by atoms with E-state index in [1.807, 2.05) is 6.92 Å². The van der Waals surface area contributed by atoms with Crippen LogP contribution in [0.2, 0.25) is 0 Å². The maximum atomic E-state index is 11.8. The molecule has 5 heteroatoms. The molecular weight excluding hydrogens is 242 g/mol. The van der Waals surface area contributed by atoms with Crippen LogP contribution in [0.1, 0.15) is 35.8 Å². The van der Waals surface area contributed by atoms with Crippen LogP contribution in [0.3, 0.4) is 0 Å². The number of anilines is 1. The maximum Gasteiger partial charge on any atom is 0.249 e. The van der Waals surface area contributed by atoms with E-state index in [1.54, 1.807) is 24.5 Å². The van der Waals surface area contributed by atoms with Crippen molar-refractivity contribution in [2.45, 2.75) is 25.7 Å². The van der Waals surface area contributed by atoms with Crippen LogP contribution in [0.15, 0.2) is 28.9 Å². The van der Waals surface area contributed by atoms with Gasteiger partial charge in [-0.2, -0.15) is 5.10 Å². The second-order valence-corrected chi connectivity index (χ2v) is 4.72. The van der Waals surface area contributed by atoms with Gasteiger partial charge in [0.05, 0.1) is 6.26 Å². The molecule has 1 saturated carbocycles. The molecule has 0 atom stereocenters. The van der Waals surface area contributed by atoms with Crippen LogP contribution in [0, 0.1) is 6.92 Å². The summed E-state index contributed by atoms with van der Waals surface area (Å²) in [6.45, 7) is 1.98. The second-order valence-electron chi connectivity index (χ2n) is 4.72.